The van der Waals surface area contributed by atoms with E-state index in [1.165, 1.54) is 0 Å². The first kappa shape index (κ1) is 21.0. The Balaban J connectivity index is 1.29. The number of carbonyl (C=O) groups is 1. The van der Waals surface area contributed by atoms with Gasteiger partial charge < -0.3 is 10.1 Å². The van der Waals surface area contributed by atoms with Gasteiger partial charge in [-0.15, -0.1) is 0 Å². The van der Waals surface area contributed by atoms with Crippen LogP contribution in [0.3, 0.4) is 0 Å². The smallest absolute Gasteiger partial charge is 0.272 e. The Morgan fingerprint density at radius 2 is 2.03 bits per heavy atom. The minimum atomic E-state index is -0.162. The summed E-state index contributed by atoms with van der Waals surface area (Å²) in [4.78, 5) is 15.1. The van der Waals surface area contributed by atoms with Crippen molar-refractivity contribution in [1.82, 2.24) is 20.4 Å². The quantitative estimate of drug-likeness (QED) is 0.583. The highest BCUT2D eigenvalue weighted by Crippen LogP contribution is 2.25. The second-order valence-corrected chi connectivity index (χ2v) is 8.49. The molecule has 0 aliphatic carbocycles. The van der Waals surface area contributed by atoms with Crippen LogP contribution >= 0.6 is 23.2 Å². The van der Waals surface area contributed by atoms with Crippen molar-refractivity contribution < 1.29 is 9.53 Å². The monoisotopic (exact) mass is 446 g/mol. The van der Waals surface area contributed by atoms with Crippen LogP contribution in [0.15, 0.2) is 36.4 Å². The number of ether oxygens (including phenoxy) is 1. The average molecular weight is 447 g/mol. The molecule has 158 valence electrons. The molecule has 1 amide bonds. The van der Waals surface area contributed by atoms with E-state index in [1.807, 2.05) is 30.3 Å². The van der Waals surface area contributed by atoms with Crippen molar-refractivity contribution in [2.24, 2.45) is 5.92 Å². The van der Waals surface area contributed by atoms with E-state index in [2.05, 4.69) is 20.4 Å². The summed E-state index contributed by atoms with van der Waals surface area (Å²) in [6, 6.07) is 11.2. The normalized spacial score (nSPS) is 15.4. The number of halogens is 2. The largest absolute Gasteiger partial charge is 0.497 e. The molecule has 30 heavy (non-hydrogen) atoms. The van der Waals surface area contributed by atoms with Gasteiger partial charge in [0.2, 0.25) is 0 Å². The summed E-state index contributed by atoms with van der Waals surface area (Å²) in [7, 11) is 1.61. The van der Waals surface area contributed by atoms with Gasteiger partial charge in [0.05, 0.1) is 12.6 Å². The predicted octanol–water partition coefficient (Wildman–Crippen LogP) is 4.52. The molecule has 1 fully saturated rings. The number of hydrogen-bond donors (Lipinski definition) is 2. The van der Waals surface area contributed by atoms with Gasteiger partial charge >= 0.3 is 0 Å². The molecule has 1 aliphatic heterocycles. The van der Waals surface area contributed by atoms with Crippen molar-refractivity contribution in [3.8, 4) is 5.75 Å². The molecule has 1 aliphatic rings. The van der Waals surface area contributed by atoms with Gasteiger partial charge in [-0.1, -0.05) is 29.3 Å². The lowest BCUT2D eigenvalue weighted by atomic mass is 9.96. The third kappa shape index (κ3) is 4.72. The van der Waals surface area contributed by atoms with Gasteiger partial charge in [-0.3, -0.25) is 14.8 Å². The fourth-order valence-corrected chi connectivity index (χ4v) is 4.32. The van der Waals surface area contributed by atoms with E-state index in [0.717, 1.165) is 48.9 Å². The summed E-state index contributed by atoms with van der Waals surface area (Å²) in [6.07, 6.45) is 2.06. The molecule has 6 nitrogen and oxygen atoms in total. The van der Waals surface area contributed by atoms with Crippen LogP contribution in [0.5, 0.6) is 5.75 Å². The molecule has 0 bridgehead atoms. The SMILES string of the molecule is COc1ccc2[nH]nc(C(=O)NCC3CCN(Cc4ccc(Cl)cc4Cl)CC3)c2c1. The number of fused-ring (bicyclic) bond motifs is 1. The summed E-state index contributed by atoms with van der Waals surface area (Å²) >= 11 is 12.3. The second kappa shape index (κ2) is 9.25. The zero-order valence-electron chi connectivity index (χ0n) is 16.8. The van der Waals surface area contributed by atoms with Crippen molar-refractivity contribution in [1.29, 1.82) is 0 Å². The molecule has 0 spiro atoms. The lowest BCUT2D eigenvalue weighted by Gasteiger charge is -2.32. The van der Waals surface area contributed by atoms with Crippen LogP contribution in [0.1, 0.15) is 28.9 Å². The molecule has 0 atom stereocenters. The Morgan fingerprint density at radius 1 is 1.23 bits per heavy atom. The highest BCUT2D eigenvalue weighted by Gasteiger charge is 2.22. The third-order valence-corrected chi connectivity index (χ3v) is 6.24. The molecular formula is C22H24Cl2N4O2. The summed E-state index contributed by atoms with van der Waals surface area (Å²) in [5, 5.41) is 12.3. The van der Waals surface area contributed by atoms with Gasteiger partial charge in [0.15, 0.2) is 5.69 Å². The van der Waals surface area contributed by atoms with Gasteiger partial charge in [-0.2, -0.15) is 5.10 Å². The summed E-state index contributed by atoms with van der Waals surface area (Å²) < 4.78 is 5.25. The van der Waals surface area contributed by atoms with Gasteiger partial charge in [0.25, 0.3) is 5.91 Å². The maximum absolute atomic E-state index is 12.7. The maximum atomic E-state index is 12.7. The van der Waals surface area contributed by atoms with Gasteiger partial charge in [-0.25, -0.2) is 0 Å². The Hall–Kier alpha value is -2.28. The third-order valence-electron chi connectivity index (χ3n) is 5.65. The Labute approximate surface area is 185 Å². The molecule has 2 aromatic carbocycles. The van der Waals surface area contributed by atoms with Crippen molar-refractivity contribution in [2.75, 3.05) is 26.7 Å². The molecule has 4 rings (SSSR count). The van der Waals surface area contributed by atoms with Crippen molar-refractivity contribution in [3.05, 3.63) is 57.7 Å². The van der Waals surface area contributed by atoms with Crippen molar-refractivity contribution >= 4 is 40.0 Å². The zero-order valence-corrected chi connectivity index (χ0v) is 18.3. The first-order chi connectivity index (χ1) is 14.5. The summed E-state index contributed by atoms with van der Waals surface area (Å²) in [6.45, 7) is 3.41. The minimum absolute atomic E-state index is 0.162. The van der Waals surface area contributed by atoms with Crippen molar-refractivity contribution in [3.63, 3.8) is 0 Å². The Bertz CT molecular complexity index is 1040. The molecule has 1 saturated heterocycles. The number of hydrogen-bond acceptors (Lipinski definition) is 4. The van der Waals surface area contributed by atoms with Crippen LogP contribution in [0, 0.1) is 5.92 Å². The lowest BCUT2D eigenvalue weighted by molar-refractivity contribution is 0.0932. The van der Waals surface area contributed by atoms with Gasteiger partial charge in [-0.05, 0) is 67.7 Å². The maximum Gasteiger partial charge on any atom is 0.272 e. The Morgan fingerprint density at radius 3 is 2.77 bits per heavy atom. The molecule has 0 radical (unpaired) electrons. The summed E-state index contributed by atoms with van der Waals surface area (Å²) in [5.41, 5.74) is 2.31. The van der Waals surface area contributed by atoms with E-state index >= 15 is 0 Å². The van der Waals surface area contributed by atoms with E-state index < -0.39 is 0 Å². The minimum Gasteiger partial charge on any atom is -0.497 e. The first-order valence-electron chi connectivity index (χ1n) is 10.00. The lowest BCUT2D eigenvalue weighted by Crippen LogP contribution is -2.38. The fraction of sp³-hybridized carbons (Fsp3) is 0.364. The molecular weight excluding hydrogens is 423 g/mol. The van der Waals surface area contributed by atoms with Crippen LogP contribution in [0.25, 0.3) is 10.9 Å². The van der Waals surface area contributed by atoms with Crippen molar-refractivity contribution in [2.45, 2.75) is 19.4 Å². The van der Waals surface area contributed by atoms with E-state index in [0.29, 0.717) is 34.0 Å². The molecule has 8 heteroatoms. The molecule has 0 saturated carbocycles. The zero-order chi connectivity index (χ0) is 21.1. The first-order valence-corrected chi connectivity index (χ1v) is 10.8. The number of rotatable bonds is 6. The fourth-order valence-electron chi connectivity index (χ4n) is 3.85. The number of aromatic nitrogens is 2. The predicted molar refractivity (Wildman–Crippen MR) is 119 cm³/mol. The molecule has 1 aromatic heterocycles. The van der Waals surface area contributed by atoms with Crippen LogP contribution in [0.4, 0.5) is 0 Å². The number of likely N-dealkylation sites (tertiary alicyclic amines) is 1. The van der Waals surface area contributed by atoms with E-state index in [4.69, 9.17) is 27.9 Å². The highest BCUT2D eigenvalue weighted by molar-refractivity contribution is 6.35. The number of amides is 1. The number of benzene rings is 2. The number of nitrogens with one attached hydrogen (secondary N) is 2. The van der Waals surface area contributed by atoms with Gasteiger partial charge in [0.1, 0.15) is 5.75 Å². The Kier molecular flexibility index (Phi) is 6.46. The number of methoxy groups -OCH3 is 1. The second-order valence-electron chi connectivity index (χ2n) is 7.65. The summed E-state index contributed by atoms with van der Waals surface area (Å²) in [5.74, 6) is 0.988. The van der Waals surface area contributed by atoms with E-state index in [-0.39, 0.29) is 5.91 Å². The molecule has 3 aromatic rings. The standard InChI is InChI=1S/C22H24Cl2N4O2/c1-30-17-4-5-20-18(11-17)21(27-26-20)22(29)25-12-14-6-8-28(9-7-14)13-15-2-3-16(23)10-19(15)24/h2-5,10-11,14H,6-9,12-13H2,1H3,(H,25,29)(H,26,27). The van der Waals surface area contributed by atoms with E-state index in [1.54, 1.807) is 13.2 Å². The number of nitrogens with zero attached hydrogens (tertiary/aromatic N) is 2. The molecule has 0 unspecified atom stereocenters. The number of H-pyrrole nitrogens is 1. The molecule has 2 heterocycles. The number of aromatic amines is 1. The number of carbonyl (C=O) groups excluding carboxylic acids is 1. The van der Waals surface area contributed by atoms with Crippen LogP contribution in [0.2, 0.25) is 10.0 Å². The number of piperidine rings is 1. The van der Waals surface area contributed by atoms with Crippen LogP contribution in [-0.2, 0) is 6.54 Å². The van der Waals surface area contributed by atoms with E-state index in [9.17, 15) is 4.79 Å². The van der Waals surface area contributed by atoms with Crippen LogP contribution < -0.4 is 10.1 Å². The molecule has 2 N–H and O–H groups in total. The topological polar surface area (TPSA) is 70.2 Å². The van der Waals surface area contributed by atoms with Gasteiger partial charge in [0, 0.05) is 28.5 Å². The average Bonchev–Trinajstić information content (AvgIpc) is 3.18. The highest BCUT2D eigenvalue weighted by atomic mass is 35.5. The van der Waals surface area contributed by atoms with Crippen LogP contribution in [-0.4, -0.2) is 47.7 Å².